The lowest BCUT2D eigenvalue weighted by molar-refractivity contribution is -0.128. The molecule has 120 valence electrons. The highest BCUT2D eigenvalue weighted by molar-refractivity contribution is 6.31. The summed E-state index contributed by atoms with van der Waals surface area (Å²) in [5.74, 6) is -0.539. The van der Waals surface area contributed by atoms with Crippen LogP contribution in [0.1, 0.15) is 19.4 Å². The highest BCUT2D eigenvalue weighted by atomic mass is 35.5. The number of carbonyl (C=O) groups is 2. The van der Waals surface area contributed by atoms with E-state index in [1.54, 1.807) is 44.2 Å². The maximum atomic E-state index is 12.3. The standard InChI is InChI=1S/C18H19ClN2O2/c1-18(2,17(23)20-14-9-4-3-5-10-14)21-16(22)12-13-8-6-7-11-15(13)19/h3-11H,12H2,1-2H3,(H,20,23)(H,21,22). The number of hydrogen-bond donors (Lipinski definition) is 2. The Morgan fingerprint density at radius 3 is 2.26 bits per heavy atom. The van der Waals surface area contributed by atoms with Crippen LogP contribution in [0.15, 0.2) is 54.6 Å². The largest absolute Gasteiger partial charge is 0.342 e. The molecule has 2 amide bonds. The summed E-state index contributed by atoms with van der Waals surface area (Å²) in [6.07, 6.45) is 0.127. The highest BCUT2D eigenvalue weighted by Crippen LogP contribution is 2.16. The van der Waals surface area contributed by atoms with Crippen LogP contribution in [0.25, 0.3) is 0 Å². The van der Waals surface area contributed by atoms with Crippen molar-refractivity contribution in [2.24, 2.45) is 0 Å². The molecule has 0 atom stereocenters. The molecule has 0 saturated carbocycles. The molecule has 0 heterocycles. The first-order valence-corrected chi connectivity index (χ1v) is 7.67. The Bertz CT molecular complexity index is 699. The molecule has 23 heavy (non-hydrogen) atoms. The van der Waals surface area contributed by atoms with Gasteiger partial charge in [0.25, 0.3) is 0 Å². The van der Waals surface area contributed by atoms with Crippen LogP contribution < -0.4 is 10.6 Å². The SMILES string of the molecule is CC(C)(NC(=O)Cc1ccccc1Cl)C(=O)Nc1ccccc1. The molecule has 0 aliphatic carbocycles. The number of rotatable bonds is 5. The minimum atomic E-state index is -1.03. The summed E-state index contributed by atoms with van der Waals surface area (Å²) in [5.41, 5.74) is 0.380. The lowest BCUT2D eigenvalue weighted by atomic mass is 10.0. The maximum absolute atomic E-state index is 12.3. The fourth-order valence-corrected chi connectivity index (χ4v) is 2.28. The maximum Gasteiger partial charge on any atom is 0.249 e. The number of nitrogens with one attached hydrogen (secondary N) is 2. The van der Waals surface area contributed by atoms with Crippen LogP contribution in [0.3, 0.4) is 0 Å². The van der Waals surface area contributed by atoms with Crippen molar-refractivity contribution in [2.45, 2.75) is 25.8 Å². The first-order chi connectivity index (χ1) is 10.9. The molecule has 0 bridgehead atoms. The monoisotopic (exact) mass is 330 g/mol. The van der Waals surface area contributed by atoms with Crippen molar-refractivity contribution in [3.63, 3.8) is 0 Å². The lowest BCUT2D eigenvalue weighted by Gasteiger charge is -2.25. The number of halogens is 1. The van der Waals surface area contributed by atoms with Gasteiger partial charge in [0.15, 0.2) is 0 Å². The summed E-state index contributed by atoms with van der Waals surface area (Å²) < 4.78 is 0. The summed E-state index contributed by atoms with van der Waals surface area (Å²) in [5, 5.41) is 6.06. The van der Waals surface area contributed by atoms with E-state index in [2.05, 4.69) is 10.6 Å². The van der Waals surface area contributed by atoms with Crippen LogP contribution in [0, 0.1) is 0 Å². The molecular formula is C18H19ClN2O2. The average Bonchev–Trinajstić information content (AvgIpc) is 2.50. The van der Waals surface area contributed by atoms with Gasteiger partial charge in [-0.05, 0) is 37.6 Å². The van der Waals surface area contributed by atoms with Gasteiger partial charge in [0, 0.05) is 10.7 Å². The number of hydrogen-bond acceptors (Lipinski definition) is 2. The predicted molar refractivity (Wildman–Crippen MR) is 92.4 cm³/mol. The third-order valence-corrected chi connectivity index (χ3v) is 3.73. The Labute approximate surface area is 140 Å². The summed E-state index contributed by atoms with van der Waals surface area (Å²) in [7, 11) is 0. The molecule has 4 nitrogen and oxygen atoms in total. The Balaban J connectivity index is 1.98. The Hall–Kier alpha value is -2.33. The topological polar surface area (TPSA) is 58.2 Å². The second-order valence-electron chi connectivity index (χ2n) is 5.76. The molecule has 0 fully saturated rings. The van der Waals surface area contributed by atoms with Crippen LogP contribution in [-0.2, 0) is 16.0 Å². The number of carbonyl (C=O) groups excluding carboxylic acids is 2. The number of benzene rings is 2. The molecule has 0 aliphatic heterocycles. The third kappa shape index (κ3) is 4.83. The predicted octanol–water partition coefficient (Wildman–Crippen LogP) is 3.42. The number of anilines is 1. The molecule has 0 spiro atoms. The van der Waals surface area contributed by atoms with E-state index in [0.29, 0.717) is 10.7 Å². The smallest absolute Gasteiger partial charge is 0.249 e. The van der Waals surface area contributed by atoms with E-state index >= 15 is 0 Å². The molecule has 0 saturated heterocycles. The summed E-state index contributed by atoms with van der Waals surface area (Å²) in [6, 6.07) is 16.3. The van der Waals surface area contributed by atoms with Gasteiger partial charge >= 0.3 is 0 Å². The number of amides is 2. The minimum Gasteiger partial charge on any atom is -0.342 e. The molecule has 5 heteroatoms. The van der Waals surface area contributed by atoms with Gasteiger partial charge in [0.1, 0.15) is 5.54 Å². The first-order valence-electron chi connectivity index (χ1n) is 7.29. The molecular weight excluding hydrogens is 312 g/mol. The van der Waals surface area contributed by atoms with Gasteiger partial charge in [0.05, 0.1) is 6.42 Å². The minimum absolute atomic E-state index is 0.127. The molecule has 2 aromatic carbocycles. The average molecular weight is 331 g/mol. The first kappa shape index (κ1) is 17.0. The lowest BCUT2D eigenvalue weighted by Crippen LogP contribution is -2.52. The molecule has 0 aromatic heterocycles. The summed E-state index contributed by atoms with van der Waals surface area (Å²) >= 11 is 6.05. The van der Waals surface area contributed by atoms with Crippen LogP contribution >= 0.6 is 11.6 Å². The zero-order valence-electron chi connectivity index (χ0n) is 13.1. The van der Waals surface area contributed by atoms with Gasteiger partial charge in [-0.3, -0.25) is 9.59 Å². The van der Waals surface area contributed by atoms with Gasteiger partial charge in [-0.15, -0.1) is 0 Å². The quantitative estimate of drug-likeness (QED) is 0.882. The van der Waals surface area contributed by atoms with Crippen LogP contribution in [0.4, 0.5) is 5.69 Å². The fourth-order valence-electron chi connectivity index (χ4n) is 2.07. The Morgan fingerprint density at radius 1 is 1.00 bits per heavy atom. The molecule has 2 aromatic rings. The molecule has 2 rings (SSSR count). The normalized spacial score (nSPS) is 10.9. The summed E-state index contributed by atoms with van der Waals surface area (Å²) in [6.45, 7) is 3.32. The molecule has 0 unspecified atom stereocenters. The van der Waals surface area contributed by atoms with Gasteiger partial charge in [0.2, 0.25) is 11.8 Å². The second-order valence-corrected chi connectivity index (χ2v) is 6.17. The van der Waals surface area contributed by atoms with E-state index in [0.717, 1.165) is 5.56 Å². The Kier molecular flexibility index (Phi) is 5.40. The van der Waals surface area contributed by atoms with Crippen LogP contribution in [0.5, 0.6) is 0 Å². The summed E-state index contributed by atoms with van der Waals surface area (Å²) in [4.78, 5) is 24.5. The van der Waals surface area contributed by atoms with E-state index in [1.165, 1.54) is 0 Å². The van der Waals surface area contributed by atoms with Crippen molar-refractivity contribution in [3.05, 3.63) is 65.2 Å². The van der Waals surface area contributed by atoms with E-state index in [-0.39, 0.29) is 18.2 Å². The van der Waals surface area contributed by atoms with E-state index in [4.69, 9.17) is 11.6 Å². The van der Waals surface area contributed by atoms with Crippen molar-refractivity contribution in [1.82, 2.24) is 5.32 Å². The third-order valence-electron chi connectivity index (χ3n) is 3.36. The molecule has 0 aliphatic rings. The van der Waals surface area contributed by atoms with Gasteiger partial charge in [-0.25, -0.2) is 0 Å². The van der Waals surface area contributed by atoms with Crippen molar-refractivity contribution in [2.75, 3.05) is 5.32 Å². The van der Waals surface area contributed by atoms with Crippen LogP contribution in [-0.4, -0.2) is 17.4 Å². The van der Waals surface area contributed by atoms with Crippen molar-refractivity contribution in [3.8, 4) is 0 Å². The Morgan fingerprint density at radius 2 is 1.61 bits per heavy atom. The fraction of sp³-hybridized carbons (Fsp3) is 0.222. The van der Waals surface area contributed by atoms with Gasteiger partial charge < -0.3 is 10.6 Å². The van der Waals surface area contributed by atoms with Crippen LogP contribution in [0.2, 0.25) is 5.02 Å². The molecule has 0 radical (unpaired) electrons. The van der Waals surface area contributed by atoms with E-state index in [9.17, 15) is 9.59 Å². The van der Waals surface area contributed by atoms with Crippen molar-refractivity contribution < 1.29 is 9.59 Å². The van der Waals surface area contributed by atoms with Crippen molar-refractivity contribution in [1.29, 1.82) is 0 Å². The van der Waals surface area contributed by atoms with Gasteiger partial charge in [-0.2, -0.15) is 0 Å². The van der Waals surface area contributed by atoms with E-state index in [1.807, 2.05) is 24.3 Å². The zero-order chi connectivity index (χ0) is 16.9. The second kappa shape index (κ2) is 7.29. The van der Waals surface area contributed by atoms with Gasteiger partial charge in [-0.1, -0.05) is 48.0 Å². The van der Waals surface area contributed by atoms with Crippen molar-refractivity contribution >= 4 is 29.1 Å². The zero-order valence-corrected chi connectivity index (χ0v) is 13.9. The van der Waals surface area contributed by atoms with E-state index < -0.39 is 5.54 Å². The molecule has 2 N–H and O–H groups in total. The number of para-hydroxylation sites is 1. The highest BCUT2D eigenvalue weighted by Gasteiger charge is 2.29.